The lowest BCUT2D eigenvalue weighted by molar-refractivity contribution is -0.146. The standard InChI is InChI=1S/C19H30N4O3/c1-26-19(25)14-4-2-13(3-5-14)16-12-23(15-8-10-21-11-9-15)18(22-16)7-6-17(20)24/h12-15,21H,2-11H2,1H3,(H2,20,24). The Bertz CT molecular complexity index is 629. The molecule has 7 nitrogen and oxygen atoms in total. The SMILES string of the molecule is COC(=O)C1CCC(c2cn(C3CCNCC3)c(CCC(N)=O)n2)CC1. The Morgan fingerprint density at radius 1 is 1.23 bits per heavy atom. The molecule has 1 aliphatic carbocycles. The van der Waals surface area contributed by atoms with Gasteiger partial charge < -0.3 is 20.4 Å². The van der Waals surface area contributed by atoms with Crippen molar-refractivity contribution < 1.29 is 14.3 Å². The number of hydrogen-bond donors (Lipinski definition) is 2. The average Bonchev–Trinajstić information content (AvgIpc) is 3.11. The summed E-state index contributed by atoms with van der Waals surface area (Å²) in [4.78, 5) is 27.9. The lowest BCUT2D eigenvalue weighted by atomic mass is 9.81. The number of rotatable bonds is 6. The third kappa shape index (κ3) is 4.44. The number of esters is 1. The van der Waals surface area contributed by atoms with Gasteiger partial charge >= 0.3 is 5.97 Å². The summed E-state index contributed by atoms with van der Waals surface area (Å²) >= 11 is 0. The van der Waals surface area contributed by atoms with E-state index in [1.165, 1.54) is 7.11 Å². The van der Waals surface area contributed by atoms with Crippen LogP contribution < -0.4 is 11.1 Å². The zero-order valence-electron chi connectivity index (χ0n) is 15.6. The molecule has 0 atom stereocenters. The van der Waals surface area contributed by atoms with Crippen molar-refractivity contribution in [2.45, 2.75) is 63.3 Å². The predicted octanol–water partition coefficient (Wildman–Crippen LogP) is 1.67. The lowest BCUT2D eigenvalue weighted by Crippen LogP contribution is -2.30. The maximum absolute atomic E-state index is 11.7. The Hall–Kier alpha value is -1.89. The number of hydrogen-bond acceptors (Lipinski definition) is 5. The van der Waals surface area contributed by atoms with Crippen LogP contribution in [0.3, 0.4) is 0 Å². The number of nitrogens with one attached hydrogen (secondary N) is 1. The minimum absolute atomic E-state index is 0.0251. The van der Waals surface area contributed by atoms with Crippen molar-refractivity contribution in [3.05, 3.63) is 17.7 Å². The number of carbonyl (C=O) groups is 2. The molecule has 2 heterocycles. The normalized spacial score (nSPS) is 24.3. The molecule has 144 valence electrons. The first-order valence-electron chi connectivity index (χ1n) is 9.73. The number of nitrogens with zero attached hydrogens (tertiary/aromatic N) is 2. The second-order valence-electron chi connectivity index (χ2n) is 7.51. The molecule has 0 spiro atoms. The molecule has 2 aliphatic rings. The van der Waals surface area contributed by atoms with Crippen molar-refractivity contribution in [1.29, 1.82) is 0 Å². The fraction of sp³-hybridized carbons (Fsp3) is 0.737. The van der Waals surface area contributed by atoms with Crippen LogP contribution in [0, 0.1) is 5.92 Å². The predicted molar refractivity (Wildman–Crippen MR) is 97.6 cm³/mol. The molecule has 1 aliphatic heterocycles. The summed E-state index contributed by atoms with van der Waals surface area (Å²) in [7, 11) is 1.46. The van der Waals surface area contributed by atoms with Crippen LogP contribution in [0.25, 0.3) is 0 Å². The van der Waals surface area contributed by atoms with Crippen molar-refractivity contribution in [3.8, 4) is 0 Å². The summed E-state index contributed by atoms with van der Waals surface area (Å²) in [6.45, 7) is 2.02. The monoisotopic (exact) mass is 362 g/mol. The van der Waals surface area contributed by atoms with Crippen LogP contribution in [0.1, 0.15) is 68.4 Å². The fourth-order valence-corrected chi connectivity index (χ4v) is 4.26. The molecule has 0 radical (unpaired) electrons. The molecule has 1 amide bonds. The van der Waals surface area contributed by atoms with Gasteiger partial charge in [0, 0.05) is 31.0 Å². The largest absolute Gasteiger partial charge is 0.469 e. The number of methoxy groups -OCH3 is 1. The van der Waals surface area contributed by atoms with Gasteiger partial charge in [0.2, 0.25) is 5.91 Å². The topological polar surface area (TPSA) is 99.2 Å². The number of imidazole rings is 1. The number of piperidine rings is 1. The van der Waals surface area contributed by atoms with Gasteiger partial charge in [-0.3, -0.25) is 9.59 Å². The number of primary amides is 1. The number of amides is 1. The van der Waals surface area contributed by atoms with Gasteiger partial charge in [0.25, 0.3) is 0 Å². The molecule has 7 heteroatoms. The molecular formula is C19H30N4O3. The summed E-state index contributed by atoms with van der Waals surface area (Å²) < 4.78 is 7.16. The molecule has 0 bridgehead atoms. The molecule has 1 aromatic heterocycles. The van der Waals surface area contributed by atoms with Gasteiger partial charge in [-0.2, -0.15) is 0 Å². The van der Waals surface area contributed by atoms with E-state index in [9.17, 15) is 9.59 Å². The zero-order valence-corrected chi connectivity index (χ0v) is 15.6. The van der Waals surface area contributed by atoms with Crippen molar-refractivity contribution in [2.75, 3.05) is 20.2 Å². The van der Waals surface area contributed by atoms with Crippen LogP contribution in [-0.4, -0.2) is 41.6 Å². The first kappa shape index (κ1) is 18.9. The Balaban J connectivity index is 1.73. The van der Waals surface area contributed by atoms with E-state index in [2.05, 4.69) is 16.1 Å². The fourth-order valence-electron chi connectivity index (χ4n) is 4.26. The van der Waals surface area contributed by atoms with Gasteiger partial charge in [-0.25, -0.2) is 4.98 Å². The Morgan fingerprint density at radius 2 is 1.92 bits per heavy atom. The summed E-state index contributed by atoms with van der Waals surface area (Å²) in [5.41, 5.74) is 6.45. The molecule has 1 aromatic rings. The summed E-state index contributed by atoms with van der Waals surface area (Å²) in [5, 5.41) is 3.39. The Kier molecular flexibility index (Phi) is 6.29. The second kappa shape index (κ2) is 8.66. The van der Waals surface area contributed by atoms with Gasteiger partial charge in [-0.05, 0) is 51.6 Å². The molecule has 0 unspecified atom stereocenters. The van der Waals surface area contributed by atoms with E-state index in [1.807, 2.05) is 0 Å². The van der Waals surface area contributed by atoms with Crippen LogP contribution in [0.15, 0.2) is 6.20 Å². The summed E-state index contributed by atoms with van der Waals surface area (Å²) in [5.74, 6) is 1.000. The van der Waals surface area contributed by atoms with E-state index < -0.39 is 0 Å². The minimum Gasteiger partial charge on any atom is -0.469 e. The van der Waals surface area contributed by atoms with E-state index in [0.717, 1.165) is 63.1 Å². The van der Waals surface area contributed by atoms with E-state index in [4.69, 9.17) is 15.5 Å². The van der Waals surface area contributed by atoms with Crippen molar-refractivity contribution in [1.82, 2.24) is 14.9 Å². The molecule has 0 aromatic carbocycles. The molecule has 1 saturated carbocycles. The summed E-state index contributed by atoms with van der Waals surface area (Å²) in [6.07, 6.45) is 8.89. The van der Waals surface area contributed by atoms with Crippen LogP contribution in [0.5, 0.6) is 0 Å². The molecule has 26 heavy (non-hydrogen) atoms. The van der Waals surface area contributed by atoms with Crippen molar-refractivity contribution in [2.24, 2.45) is 11.7 Å². The lowest BCUT2D eigenvalue weighted by Gasteiger charge is -2.26. The highest BCUT2D eigenvalue weighted by atomic mass is 16.5. The first-order chi connectivity index (χ1) is 12.6. The van der Waals surface area contributed by atoms with Gasteiger partial charge in [0.15, 0.2) is 0 Å². The highest BCUT2D eigenvalue weighted by Gasteiger charge is 2.30. The van der Waals surface area contributed by atoms with Gasteiger partial charge in [0.1, 0.15) is 5.82 Å². The van der Waals surface area contributed by atoms with Gasteiger partial charge in [-0.1, -0.05) is 0 Å². The molecular weight excluding hydrogens is 332 g/mol. The zero-order chi connectivity index (χ0) is 18.5. The van der Waals surface area contributed by atoms with E-state index in [1.54, 1.807) is 0 Å². The second-order valence-corrected chi connectivity index (χ2v) is 7.51. The Morgan fingerprint density at radius 3 is 2.54 bits per heavy atom. The highest BCUT2D eigenvalue weighted by Crippen LogP contribution is 2.36. The minimum atomic E-state index is -0.287. The number of ether oxygens (including phenoxy) is 1. The van der Waals surface area contributed by atoms with E-state index in [0.29, 0.717) is 24.8 Å². The van der Waals surface area contributed by atoms with Crippen molar-refractivity contribution >= 4 is 11.9 Å². The van der Waals surface area contributed by atoms with E-state index >= 15 is 0 Å². The summed E-state index contributed by atoms with van der Waals surface area (Å²) in [6, 6.07) is 0.437. The molecule has 1 saturated heterocycles. The number of nitrogens with two attached hydrogens (primary N) is 1. The third-order valence-electron chi connectivity index (χ3n) is 5.80. The van der Waals surface area contributed by atoms with Crippen LogP contribution in [0.4, 0.5) is 0 Å². The maximum Gasteiger partial charge on any atom is 0.308 e. The van der Waals surface area contributed by atoms with Crippen LogP contribution in [0.2, 0.25) is 0 Å². The maximum atomic E-state index is 11.7. The number of aryl methyl sites for hydroxylation is 1. The first-order valence-corrected chi connectivity index (χ1v) is 9.73. The van der Waals surface area contributed by atoms with Gasteiger partial charge in [0.05, 0.1) is 18.7 Å². The van der Waals surface area contributed by atoms with Gasteiger partial charge in [-0.15, -0.1) is 0 Å². The third-order valence-corrected chi connectivity index (χ3v) is 5.80. The highest BCUT2D eigenvalue weighted by molar-refractivity contribution is 5.73. The smallest absolute Gasteiger partial charge is 0.308 e. The van der Waals surface area contributed by atoms with E-state index in [-0.39, 0.29) is 17.8 Å². The van der Waals surface area contributed by atoms with Crippen molar-refractivity contribution in [3.63, 3.8) is 0 Å². The van der Waals surface area contributed by atoms with Crippen LogP contribution in [-0.2, 0) is 20.7 Å². The average molecular weight is 362 g/mol. The number of carbonyl (C=O) groups excluding carboxylic acids is 2. The quantitative estimate of drug-likeness (QED) is 0.750. The Labute approximate surface area is 154 Å². The number of aromatic nitrogens is 2. The molecule has 3 rings (SSSR count). The molecule has 3 N–H and O–H groups in total. The van der Waals surface area contributed by atoms with Crippen LogP contribution >= 0.6 is 0 Å². The molecule has 2 fully saturated rings.